The maximum atomic E-state index is 5.96. The zero-order valence-electron chi connectivity index (χ0n) is 10.5. The smallest absolute Gasteiger partial charge is 0.0931 e. The van der Waals surface area contributed by atoms with Crippen LogP contribution in [0.15, 0.2) is 12.1 Å². The summed E-state index contributed by atoms with van der Waals surface area (Å²) < 4.78 is 6.56. The third-order valence-corrected chi connectivity index (χ3v) is 5.05. The van der Waals surface area contributed by atoms with E-state index in [1.54, 1.807) is 11.3 Å². The number of hydrogen-bond donors (Lipinski definition) is 1. The van der Waals surface area contributed by atoms with Crippen LogP contribution >= 0.6 is 22.9 Å². The standard InChI is InChI=1S/C13H20ClNOS/c1-15-10(8-11-4-5-12(14)17-11)9-13(16-2)6-3-7-13/h4-5,10,15H,3,6-9H2,1-2H3. The summed E-state index contributed by atoms with van der Waals surface area (Å²) >= 11 is 7.63. The molecule has 0 aliphatic heterocycles. The second-order valence-corrected chi connectivity index (χ2v) is 6.64. The van der Waals surface area contributed by atoms with Gasteiger partial charge in [0.15, 0.2) is 0 Å². The zero-order valence-corrected chi connectivity index (χ0v) is 12.0. The Balaban J connectivity index is 1.92. The molecule has 0 saturated heterocycles. The highest BCUT2D eigenvalue weighted by atomic mass is 35.5. The fourth-order valence-corrected chi connectivity index (χ4v) is 3.66. The van der Waals surface area contributed by atoms with E-state index in [9.17, 15) is 0 Å². The summed E-state index contributed by atoms with van der Waals surface area (Å²) in [7, 11) is 3.87. The molecule has 1 heterocycles. The van der Waals surface area contributed by atoms with Crippen LogP contribution in [-0.2, 0) is 11.2 Å². The molecule has 0 bridgehead atoms. The summed E-state index contributed by atoms with van der Waals surface area (Å²) in [4.78, 5) is 1.35. The van der Waals surface area contributed by atoms with Crippen LogP contribution in [0, 0.1) is 0 Å². The molecule has 17 heavy (non-hydrogen) atoms. The Kier molecular flexibility index (Phi) is 4.47. The first-order chi connectivity index (χ1) is 8.17. The molecule has 1 N–H and O–H groups in total. The third-order valence-electron chi connectivity index (χ3n) is 3.80. The number of nitrogens with one attached hydrogen (secondary N) is 1. The Bertz CT molecular complexity index is 357. The lowest BCUT2D eigenvalue weighted by Crippen LogP contribution is -2.45. The molecule has 2 rings (SSSR count). The highest BCUT2D eigenvalue weighted by Gasteiger charge is 2.38. The van der Waals surface area contributed by atoms with Gasteiger partial charge in [-0.1, -0.05) is 11.6 Å². The Labute approximate surface area is 112 Å². The van der Waals surface area contributed by atoms with E-state index < -0.39 is 0 Å². The minimum Gasteiger partial charge on any atom is -0.378 e. The van der Waals surface area contributed by atoms with Crippen molar-refractivity contribution in [2.45, 2.75) is 43.7 Å². The van der Waals surface area contributed by atoms with Crippen LogP contribution in [-0.4, -0.2) is 25.8 Å². The molecule has 0 aromatic carbocycles. The normalized spacial score (nSPS) is 19.9. The van der Waals surface area contributed by atoms with Crippen LogP contribution in [0.5, 0.6) is 0 Å². The molecule has 1 saturated carbocycles. The van der Waals surface area contributed by atoms with E-state index in [2.05, 4.69) is 11.4 Å². The minimum atomic E-state index is 0.134. The minimum absolute atomic E-state index is 0.134. The van der Waals surface area contributed by atoms with E-state index in [0.717, 1.165) is 17.2 Å². The van der Waals surface area contributed by atoms with E-state index in [4.69, 9.17) is 16.3 Å². The van der Waals surface area contributed by atoms with Crippen molar-refractivity contribution in [3.63, 3.8) is 0 Å². The number of thiophene rings is 1. The molecule has 1 aromatic rings. The van der Waals surface area contributed by atoms with Gasteiger partial charge < -0.3 is 10.1 Å². The van der Waals surface area contributed by atoms with Gasteiger partial charge in [-0.3, -0.25) is 0 Å². The van der Waals surface area contributed by atoms with Crippen molar-refractivity contribution >= 4 is 22.9 Å². The van der Waals surface area contributed by atoms with Crippen LogP contribution in [0.2, 0.25) is 4.34 Å². The maximum Gasteiger partial charge on any atom is 0.0931 e. The second-order valence-electron chi connectivity index (χ2n) is 4.84. The number of methoxy groups -OCH3 is 1. The van der Waals surface area contributed by atoms with Gasteiger partial charge in [0.1, 0.15) is 0 Å². The van der Waals surface area contributed by atoms with Crippen molar-refractivity contribution in [2.24, 2.45) is 0 Å². The number of halogens is 1. The van der Waals surface area contributed by atoms with Gasteiger partial charge in [0.2, 0.25) is 0 Å². The van der Waals surface area contributed by atoms with E-state index in [1.165, 1.54) is 24.1 Å². The first kappa shape index (κ1) is 13.3. The summed E-state index contributed by atoms with van der Waals surface area (Å²) in [5.74, 6) is 0. The first-order valence-electron chi connectivity index (χ1n) is 6.14. The molecule has 1 aliphatic carbocycles. The Hall–Kier alpha value is -0.0900. The largest absolute Gasteiger partial charge is 0.378 e. The number of ether oxygens (including phenoxy) is 1. The molecule has 0 spiro atoms. The molecular formula is C13H20ClNOS. The van der Waals surface area contributed by atoms with Gasteiger partial charge in [-0.15, -0.1) is 11.3 Å². The summed E-state index contributed by atoms with van der Waals surface area (Å²) in [6, 6.07) is 4.58. The molecule has 1 aromatic heterocycles. The highest BCUT2D eigenvalue weighted by molar-refractivity contribution is 7.16. The third kappa shape index (κ3) is 3.22. The van der Waals surface area contributed by atoms with Crippen molar-refractivity contribution < 1.29 is 4.74 Å². The monoisotopic (exact) mass is 273 g/mol. The van der Waals surface area contributed by atoms with Crippen molar-refractivity contribution in [2.75, 3.05) is 14.2 Å². The van der Waals surface area contributed by atoms with Gasteiger partial charge >= 0.3 is 0 Å². The number of rotatable bonds is 6. The van der Waals surface area contributed by atoms with E-state index in [1.807, 2.05) is 20.2 Å². The van der Waals surface area contributed by atoms with E-state index >= 15 is 0 Å². The number of hydrogen-bond acceptors (Lipinski definition) is 3. The molecule has 4 heteroatoms. The van der Waals surface area contributed by atoms with Crippen molar-refractivity contribution in [3.8, 4) is 0 Å². The van der Waals surface area contributed by atoms with Gasteiger partial charge in [0.05, 0.1) is 9.94 Å². The van der Waals surface area contributed by atoms with Gasteiger partial charge in [-0.2, -0.15) is 0 Å². The van der Waals surface area contributed by atoms with Crippen LogP contribution in [0.3, 0.4) is 0 Å². The van der Waals surface area contributed by atoms with Crippen LogP contribution in [0.1, 0.15) is 30.6 Å². The quantitative estimate of drug-likeness (QED) is 0.857. The molecule has 0 amide bonds. The van der Waals surface area contributed by atoms with E-state index in [-0.39, 0.29) is 5.60 Å². The highest BCUT2D eigenvalue weighted by Crippen LogP contribution is 2.39. The van der Waals surface area contributed by atoms with Gasteiger partial charge in [0.25, 0.3) is 0 Å². The fourth-order valence-electron chi connectivity index (χ4n) is 2.49. The second kappa shape index (κ2) is 5.70. The van der Waals surface area contributed by atoms with Crippen LogP contribution < -0.4 is 5.32 Å². The lowest BCUT2D eigenvalue weighted by atomic mass is 9.75. The Morgan fingerprint density at radius 3 is 2.71 bits per heavy atom. The van der Waals surface area contributed by atoms with Crippen molar-refractivity contribution in [1.82, 2.24) is 5.32 Å². The molecule has 0 radical (unpaired) electrons. The molecule has 96 valence electrons. The SMILES string of the molecule is CNC(Cc1ccc(Cl)s1)CC1(OC)CCC1. The summed E-state index contributed by atoms with van der Waals surface area (Å²) in [5.41, 5.74) is 0.134. The molecule has 1 fully saturated rings. The van der Waals surface area contributed by atoms with Crippen molar-refractivity contribution in [1.29, 1.82) is 0 Å². The number of likely N-dealkylation sites (N-methyl/N-ethyl adjacent to an activating group) is 1. The van der Waals surface area contributed by atoms with Gasteiger partial charge in [-0.05, 0) is 51.3 Å². The molecule has 1 unspecified atom stereocenters. The summed E-state index contributed by atoms with van der Waals surface area (Å²) in [6.07, 6.45) is 5.84. The van der Waals surface area contributed by atoms with Gasteiger partial charge in [-0.25, -0.2) is 0 Å². The first-order valence-corrected chi connectivity index (χ1v) is 7.33. The van der Waals surface area contributed by atoms with Gasteiger partial charge in [0, 0.05) is 18.0 Å². The molecule has 1 atom stereocenters. The average Bonchev–Trinajstić information content (AvgIpc) is 2.67. The predicted molar refractivity (Wildman–Crippen MR) is 74.1 cm³/mol. The summed E-state index contributed by atoms with van der Waals surface area (Å²) in [6.45, 7) is 0. The van der Waals surface area contributed by atoms with E-state index in [0.29, 0.717) is 6.04 Å². The fraction of sp³-hybridized carbons (Fsp3) is 0.692. The predicted octanol–water partition coefficient (Wildman–Crippen LogP) is 3.49. The zero-order chi connectivity index (χ0) is 12.3. The average molecular weight is 274 g/mol. The Morgan fingerprint density at radius 1 is 1.53 bits per heavy atom. The van der Waals surface area contributed by atoms with Crippen LogP contribution in [0.4, 0.5) is 0 Å². The molecule has 1 aliphatic rings. The lowest BCUT2D eigenvalue weighted by molar-refractivity contribution is -0.0830. The van der Waals surface area contributed by atoms with Crippen molar-refractivity contribution in [3.05, 3.63) is 21.3 Å². The summed E-state index contributed by atoms with van der Waals surface area (Å²) in [5, 5.41) is 3.40. The maximum absolute atomic E-state index is 5.96. The molecule has 2 nitrogen and oxygen atoms in total. The molecular weight excluding hydrogens is 254 g/mol. The lowest BCUT2D eigenvalue weighted by Gasteiger charge is -2.42. The Morgan fingerprint density at radius 2 is 2.29 bits per heavy atom. The topological polar surface area (TPSA) is 21.3 Å². The van der Waals surface area contributed by atoms with Crippen LogP contribution in [0.25, 0.3) is 0 Å².